The summed E-state index contributed by atoms with van der Waals surface area (Å²) in [7, 11) is 0. The third-order valence-electron chi connectivity index (χ3n) is 5.10. The van der Waals surface area contributed by atoms with E-state index in [1.807, 2.05) is 30.3 Å². The highest BCUT2D eigenvalue weighted by molar-refractivity contribution is 5.36. The molecule has 0 atom stereocenters. The van der Waals surface area contributed by atoms with Gasteiger partial charge in [0.15, 0.2) is 0 Å². The smallest absolute Gasteiger partial charge is 0.145 e. The van der Waals surface area contributed by atoms with Gasteiger partial charge in [0, 0.05) is 6.20 Å². The minimum Gasteiger partial charge on any atom is -0.456 e. The number of aromatic nitrogens is 1. The summed E-state index contributed by atoms with van der Waals surface area (Å²) in [6.07, 6.45) is 5.91. The van der Waals surface area contributed by atoms with Crippen LogP contribution in [-0.4, -0.2) is 4.98 Å². The standard InChI is InChI=1S/C14H15NO.C12H15F/c1-11(2)12-5-7-13(8-6-12)16-14-4-3-9-15-10-14;1-8(2)11-6-5-10(13)7-12(11)9-3-4-9/h3-11H,1-2H3;5-9H,3-4H2,1-2H3. The lowest BCUT2D eigenvalue weighted by molar-refractivity contribution is 0.480. The van der Waals surface area contributed by atoms with Crippen molar-refractivity contribution in [2.45, 2.75) is 58.3 Å². The maximum atomic E-state index is 13.0. The molecule has 0 bridgehead atoms. The number of pyridine rings is 1. The molecule has 2 aromatic carbocycles. The molecule has 3 aromatic rings. The van der Waals surface area contributed by atoms with Gasteiger partial charge < -0.3 is 4.74 Å². The molecule has 29 heavy (non-hydrogen) atoms. The fourth-order valence-electron chi connectivity index (χ4n) is 3.28. The Morgan fingerprint density at radius 2 is 1.62 bits per heavy atom. The molecule has 1 heterocycles. The minimum absolute atomic E-state index is 0.0914. The first-order chi connectivity index (χ1) is 13.9. The third kappa shape index (κ3) is 6.15. The van der Waals surface area contributed by atoms with Crippen molar-refractivity contribution in [3.63, 3.8) is 0 Å². The van der Waals surface area contributed by atoms with Crippen molar-refractivity contribution in [3.8, 4) is 11.5 Å². The van der Waals surface area contributed by atoms with Gasteiger partial charge in [-0.3, -0.25) is 4.98 Å². The SMILES string of the molecule is CC(C)c1ccc(F)cc1C1CC1.CC(C)c1ccc(Oc2cccnc2)cc1. The molecule has 1 aromatic heterocycles. The molecular weight excluding hydrogens is 361 g/mol. The Morgan fingerprint density at radius 3 is 2.17 bits per heavy atom. The lowest BCUT2D eigenvalue weighted by Gasteiger charge is -2.11. The Kier molecular flexibility index (Phi) is 7.03. The molecule has 4 rings (SSSR count). The fourth-order valence-corrected chi connectivity index (χ4v) is 3.28. The van der Waals surface area contributed by atoms with Gasteiger partial charge in [0.05, 0.1) is 6.20 Å². The van der Waals surface area contributed by atoms with Crippen LogP contribution in [-0.2, 0) is 0 Å². The van der Waals surface area contributed by atoms with Gasteiger partial charge in [-0.2, -0.15) is 0 Å². The van der Waals surface area contributed by atoms with Crippen LogP contribution in [0.1, 0.15) is 75.0 Å². The second kappa shape index (κ2) is 9.69. The topological polar surface area (TPSA) is 22.1 Å². The van der Waals surface area contributed by atoms with E-state index in [2.05, 4.69) is 44.8 Å². The Balaban J connectivity index is 0.000000169. The second-order valence-corrected chi connectivity index (χ2v) is 8.22. The Bertz CT molecular complexity index is 900. The fraction of sp³-hybridized carbons (Fsp3) is 0.346. The van der Waals surface area contributed by atoms with Gasteiger partial charge in [0.1, 0.15) is 17.3 Å². The van der Waals surface area contributed by atoms with E-state index in [4.69, 9.17) is 4.74 Å². The minimum atomic E-state index is -0.0914. The highest BCUT2D eigenvalue weighted by Crippen LogP contribution is 2.43. The first-order valence-electron chi connectivity index (χ1n) is 10.4. The Labute approximate surface area is 173 Å². The van der Waals surface area contributed by atoms with E-state index in [1.165, 1.54) is 29.5 Å². The van der Waals surface area contributed by atoms with Crippen molar-refractivity contribution in [1.29, 1.82) is 0 Å². The predicted octanol–water partition coefficient (Wildman–Crippen LogP) is 7.82. The highest BCUT2D eigenvalue weighted by Gasteiger charge is 2.26. The van der Waals surface area contributed by atoms with Crippen LogP contribution in [0.15, 0.2) is 67.0 Å². The van der Waals surface area contributed by atoms with E-state index in [9.17, 15) is 4.39 Å². The van der Waals surface area contributed by atoms with E-state index in [-0.39, 0.29) is 5.82 Å². The number of ether oxygens (including phenoxy) is 1. The first-order valence-corrected chi connectivity index (χ1v) is 10.4. The normalized spacial score (nSPS) is 13.2. The summed E-state index contributed by atoms with van der Waals surface area (Å²) in [5, 5.41) is 0. The molecular formula is C26H30FNO. The predicted molar refractivity (Wildman–Crippen MR) is 117 cm³/mol. The van der Waals surface area contributed by atoms with Crippen LogP contribution in [0.2, 0.25) is 0 Å². The van der Waals surface area contributed by atoms with Crippen LogP contribution in [0.3, 0.4) is 0 Å². The van der Waals surface area contributed by atoms with Crippen LogP contribution in [0.5, 0.6) is 11.5 Å². The largest absolute Gasteiger partial charge is 0.456 e. The third-order valence-corrected chi connectivity index (χ3v) is 5.10. The van der Waals surface area contributed by atoms with Gasteiger partial charge in [-0.05, 0) is 83.7 Å². The van der Waals surface area contributed by atoms with Gasteiger partial charge in [-0.15, -0.1) is 0 Å². The Hall–Kier alpha value is -2.68. The molecule has 0 amide bonds. The van der Waals surface area contributed by atoms with Crippen molar-refractivity contribution >= 4 is 0 Å². The molecule has 3 heteroatoms. The van der Waals surface area contributed by atoms with E-state index < -0.39 is 0 Å². The van der Waals surface area contributed by atoms with E-state index in [0.29, 0.717) is 17.8 Å². The van der Waals surface area contributed by atoms with Gasteiger partial charge in [-0.1, -0.05) is 45.9 Å². The average molecular weight is 392 g/mol. The highest BCUT2D eigenvalue weighted by atomic mass is 19.1. The molecule has 1 saturated carbocycles. The van der Waals surface area contributed by atoms with Crippen molar-refractivity contribution < 1.29 is 9.13 Å². The second-order valence-electron chi connectivity index (χ2n) is 8.22. The monoisotopic (exact) mass is 391 g/mol. The zero-order valence-corrected chi connectivity index (χ0v) is 17.7. The zero-order valence-electron chi connectivity index (χ0n) is 17.7. The lowest BCUT2D eigenvalue weighted by Crippen LogP contribution is -1.95. The number of nitrogens with zero attached hydrogens (tertiary/aromatic N) is 1. The van der Waals surface area contributed by atoms with Gasteiger partial charge in [-0.25, -0.2) is 4.39 Å². The quantitative estimate of drug-likeness (QED) is 0.442. The summed E-state index contributed by atoms with van der Waals surface area (Å²) in [6, 6.07) is 17.1. The van der Waals surface area contributed by atoms with Crippen LogP contribution in [0.4, 0.5) is 4.39 Å². The van der Waals surface area contributed by atoms with Crippen molar-refractivity contribution in [2.24, 2.45) is 0 Å². The first kappa shape index (κ1) is 21.0. The molecule has 0 saturated heterocycles. The summed E-state index contributed by atoms with van der Waals surface area (Å²) < 4.78 is 18.6. The van der Waals surface area contributed by atoms with E-state index >= 15 is 0 Å². The maximum Gasteiger partial charge on any atom is 0.145 e. The molecule has 0 aliphatic heterocycles. The Morgan fingerprint density at radius 1 is 0.897 bits per heavy atom. The van der Waals surface area contributed by atoms with Crippen molar-refractivity contribution in [3.05, 3.63) is 89.5 Å². The summed E-state index contributed by atoms with van der Waals surface area (Å²) >= 11 is 0. The van der Waals surface area contributed by atoms with Gasteiger partial charge in [0.25, 0.3) is 0 Å². The average Bonchev–Trinajstić information content (AvgIpc) is 3.55. The number of halogens is 1. The van der Waals surface area contributed by atoms with Crippen LogP contribution >= 0.6 is 0 Å². The number of benzene rings is 2. The molecule has 1 aliphatic carbocycles. The van der Waals surface area contributed by atoms with Crippen molar-refractivity contribution in [1.82, 2.24) is 4.98 Å². The molecule has 1 fully saturated rings. The molecule has 152 valence electrons. The number of hydrogen-bond acceptors (Lipinski definition) is 2. The molecule has 0 unspecified atom stereocenters. The molecule has 1 aliphatic rings. The lowest BCUT2D eigenvalue weighted by atomic mass is 9.94. The number of hydrogen-bond donors (Lipinski definition) is 0. The van der Waals surface area contributed by atoms with Gasteiger partial charge in [0.2, 0.25) is 0 Å². The summed E-state index contributed by atoms with van der Waals surface area (Å²) in [5.74, 6) is 3.22. The summed E-state index contributed by atoms with van der Waals surface area (Å²) in [4.78, 5) is 4.00. The van der Waals surface area contributed by atoms with Crippen LogP contribution in [0, 0.1) is 5.82 Å². The molecule has 2 nitrogen and oxygen atoms in total. The van der Waals surface area contributed by atoms with E-state index in [0.717, 1.165) is 11.5 Å². The van der Waals surface area contributed by atoms with Crippen LogP contribution in [0.25, 0.3) is 0 Å². The molecule has 0 radical (unpaired) electrons. The summed E-state index contributed by atoms with van der Waals surface area (Å²) in [5.41, 5.74) is 3.89. The van der Waals surface area contributed by atoms with Gasteiger partial charge >= 0.3 is 0 Å². The molecule has 0 N–H and O–H groups in total. The summed E-state index contributed by atoms with van der Waals surface area (Å²) in [6.45, 7) is 8.69. The van der Waals surface area contributed by atoms with Crippen molar-refractivity contribution in [2.75, 3.05) is 0 Å². The van der Waals surface area contributed by atoms with Crippen LogP contribution < -0.4 is 4.74 Å². The number of rotatable bonds is 5. The van der Waals surface area contributed by atoms with E-state index in [1.54, 1.807) is 24.5 Å². The zero-order chi connectivity index (χ0) is 20.8. The maximum absolute atomic E-state index is 13.0. The molecule has 0 spiro atoms.